The molecule has 1 heterocycles. The molecule has 1 N–H and O–H groups in total. The normalized spacial score (nSPS) is 19.2. The number of nitrogens with zero attached hydrogens (tertiary/aromatic N) is 2. The molecule has 0 bridgehead atoms. The van der Waals surface area contributed by atoms with Gasteiger partial charge in [-0.15, -0.1) is 0 Å². The number of likely N-dealkylation sites (N-methyl/N-ethyl adjacent to an activating group) is 1. The lowest BCUT2D eigenvalue weighted by Gasteiger charge is -2.21. The summed E-state index contributed by atoms with van der Waals surface area (Å²) in [6.07, 6.45) is 8.10. The largest absolute Gasteiger partial charge is 0.355 e. The fourth-order valence-electron chi connectivity index (χ4n) is 3.57. The minimum Gasteiger partial charge on any atom is -0.355 e. The van der Waals surface area contributed by atoms with Gasteiger partial charge in [0, 0.05) is 13.1 Å². The third kappa shape index (κ3) is 5.47. The molecule has 150 valence electrons. The summed E-state index contributed by atoms with van der Waals surface area (Å²) in [6, 6.07) is 7.98. The van der Waals surface area contributed by atoms with E-state index in [1.165, 1.54) is 49.4 Å². The van der Waals surface area contributed by atoms with E-state index in [2.05, 4.69) is 10.3 Å². The van der Waals surface area contributed by atoms with Crippen LogP contribution < -0.4 is 5.32 Å². The standard InChI is InChI=1S/C22H29N3O2S/c1-3-25-21(27)19(13-17-11-9-16(2)10-12-17)24-22(25)28-15-20(26)23-14-18-7-5-4-6-8-18/h9-13,18H,3-8,14-15H2,1-2H3,(H,23,26)/b19-13+. The Balaban J connectivity index is 1.57. The van der Waals surface area contributed by atoms with Crippen LogP contribution >= 0.6 is 11.8 Å². The zero-order valence-corrected chi connectivity index (χ0v) is 17.6. The van der Waals surface area contributed by atoms with Crippen molar-refractivity contribution in [1.82, 2.24) is 10.2 Å². The molecule has 0 radical (unpaired) electrons. The number of thioether (sulfide) groups is 1. The van der Waals surface area contributed by atoms with Crippen molar-refractivity contribution in [2.45, 2.75) is 46.0 Å². The number of amidine groups is 1. The highest BCUT2D eigenvalue weighted by molar-refractivity contribution is 8.14. The summed E-state index contributed by atoms with van der Waals surface area (Å²) in [5.41, 5.74) is 2.55. The van der Waals surface area contributed by atoms with Gasteiger partial charge in [-0.05, 0) is 44.2 Å². The Morgan fingerprint density at radius 2 is 1.96 bits per heavy atom. The van der Waals surface area contributed by atoms with Crippen LogP contribution in [0.3, 0.4) is 0 Å². The van der Waals surface area contributed by atoms with E-state index in [0.717, 1.165) is 12.1 Å². The van der Waals surface area contributed by atoms with Gasteiger partial charge in [-0.3, -0.25) is 14.5 Å². The highest BCUT2D eigenvalue weighted by atomic mass is 32.2. The SMILES string of the molecule is CCN1C(=O)/C(=C\c2ccc(C)cc2)N=C1SCC(=O)NCC1CCCCC1. The van der Waals surface area contributed by atoms with Crippen LogP contribution in [0.5, 0.6) is 0 Å². The summed E-state index contributed by atoms with van der Waals surface area (Å²) in [6.45, 7) is 5.26. The Bertz CT molecular complexity index is 764. The first-order chi connectivity index (χ1) is 13.6. The first-order valence-electron chi connectivity index (χ1n) is 10.1. The van der Waals surface area contributed by atoms with Crippen molar-refractivity contribution < 1.29 is 9.59 Å². The molecule has 1 aliphatic carbocycles. The van der Waals surface area contributed by atoms with Crippen LogP contribution in [0.1, 0.15) is 50.2 Å². The van der Waals surface area contributed by atoms with Crippen molar-refractivity contribution in [2.24, 2.45) is 10.9 Å². The molecule has 1 aliphatic heterocycles. The number of carbonyl (C=O) groups is 2. The molecule has 0 aromatic heterocycles. The maximum Gasteiger partial charge on any atom is 0.278 e. The average molecular weight is 400 g/mol. The number of amides is 2. The summed E-state index contributed by atoms with van der Waals surface area (Å²) < 4.78 is 0. The Hall–Kier alpha value is -2.08. The fourth-order valence-corrected chi connectivity index (χ4v) is 4.46. The van der Waals surface area contributed by atoms with Gasteiger partial charge in [0.25, 0.3) is 5.91 Å². The third-order valence-corrected chi connectivity index (χ3v) is 6.23. The van der Waals surface area contributed by atoms with E-state index in [1.54, 1.807) is 11.0 Å². The minimum atomic E-state index is -0.104. The van der Waals surface area contributed by atoms with Crippen molar-refractivity contribution in [3.63, 3.8) is 0 Å². The van der Waals surface area contributed by atoms with E-state index in [9.17, 15) is 9.59 Å². The number of nitrogens with one attached hydrogen (secondary N) is 1. The quantitative estimate of drug-likeness (QED) is 0.736. The van der Waals surface area contributed by atoms with Crippen LogP contribution in [0.25, 0.3) is 6.08 Å². The zero-order chi connectivity index (χ0) is 19.9. The molecule has 0 spiro atoms. The van der Waals surface area contributed by atoms with Gasteiger partial charge in [-0.25, -0.2) is 4.99 Å². The number of aliphatic imine (C=N–C) groups is 1. The van der Waals surface area contributed by atoms with Crippen LogP contribution in [0, 0.1) is 12.8 Å². The Labute approximate surface area is 171 Å². The second kappa shape index (κ2) is 9.92. The molecule has 2 aliphatic rings. The van der Waals surface area contributed by atoms with Crippen molar-refractivity contribution in [2.75, 3.05) is 18.8 Å². The first kappa shape index (κ1) is 20.6. The van der Waals surface area contributed by atoms with Crippen molar-refractivity contribution in [3.05, 3.63) is 41.1 Å². The summed E-state index contributed by atoms with van der Waals surface area (Å²) in [5, 5.41) is 3.65. The second-order valence-electron chi connectivity index (χ2n) is 7.48. The summed E-state index contributed by atoms with van der Waals surface area (Å²) in [5.74, 6) is 0.808. The average Bonchev–Trinajstić information content (AvgIpc) is 3.01. The van der Waals surface area contributed by atoms with Gasteiger partial charge >= 0.3 is 0 Å². The van der Waals surface area contributed by atoms with Crippen LogP contribution in [-0.2, 0) is 9.59 Å². The Morgan fingerprint density at radius 3 is 2.64 bits per heavy atom. The topological polar surface area (TPSA) is 61.8 Å². The lowest BCUT2D eigenvalue weighted by atomic mass is 9.89. The maximum atomic E-state index is 12.6. The molecule has 2 amide bonds. The predicted molar refractivity (Wildman–Crippen MR) is 116 cm³/mol. The van der Waals surface area contributed by atoms with Gasteiger partial charge in [-0.1, -0.05) is 60.9 Å². The molecule has 1 aromatic rings. The number of carbonyl (C=O) groups excluding carboxylic acids is 2. The van der Waals surface area contributed by atoms with E-state index in [0.29, 0.717) is 23.3 Å². The van der Waals surface area contributed by atoms with Gasteiger partial charge < -0.3 is 5.32 Å². The zero-order valence-electron chi connectivity index (χ0n) is 16.7. The predicted octanol–water partition coefficient (Wildman–Crippen LogP) is 3.98. The molecule has 1 saturated carbocycles. The molecular formula is C22H29N3O2S. The lowest BCUT2D eigenvalue weighted by Crippen LogP contribution is -2.34. The van der Waals surface area contributed by atoms with Crippen molar-refractivity contribution in [3.8, 4) is 0 Å². The van der Waals surface area contributed by atoms with E-state index in [1.807, 2.05) is 38.1 Å². The lowest BCUT2D eigenvalue weighted by molar-refractivity contribution is -0.122. The molecule has 5 nitrogen and oxygen atoms in total. The smallest absolute Gasteiger partial charge is 0.278 e. The first-order valence-corrected chi connectivity index (χ1v) is 11.1. The van der Waals surface area contributed by atoms with Crippen molar-refractivity contribution >= 4 is 34.8 Å². The van der Waals surface area contributed by atoms with Gasteiger partial charge in [0.15, 0.2) is 5.17 Å². The molecular weight excluding hydrogens is 370 g/mol. The highest BCUT2D eigenvalue weighted by Crippen LogP contribution is 2.25. The molecule has 0 saturated heterocycles. The van der Waals surface area contributed by atoms with Gasteiger partial charge in [0.05, 0.1) is 5.75 Å². The summed E-state index contributed by atoms with van der Waals surface area (Å²) in [7, 11) is 0. The minimum absolute atomic E-state index is 0.0118. The Morgan fingerprint density at radius 1 is 1.25 bits per heavy atom. The Kier molecular flexibility index (Phi) is 7.31. The number of benzene rings is 1. The summed E-state index contributed by atoms with van der Waals surface area (Å²) >= 11 is 1.33. The van der Waals surface area contributed by atoms with Gasteiger partial charge in [-0.2, -0.15) is 0 Å². The molecule has 28 heavy (non-hydrogen) atoms. The van der Waals surface area contributed by atoms with E-state index in [-0.39, 0.29) is 17.6 Å². The summed E-state index contributed by atoms with van der Waals surface area (Å²) in [4.78, 5) is 31.0. The number of aryl methyl sites for hydroxylation is 1. The maximum absolute atomic E-state index is 12.6. The van der Waals surface area contributed by atoms with Gasteiger partial charge in [0.1, 0.15) is 5.70 Å². The molecule has 0 atom stereocenters. The number of rotatable bonds is 6. The molecule has 6 heteroatoms. The number of hydrogen-bond donors (Lipinski definition) is 1. The molecule has 1 aromatic carbocycles. The monoisotopic (exact) mass is 399 g/mol. The van der Waals surface area contributed by atoms with E-state index >= 15 is 0 Å². The van der Waals surface area contributed by atoms with E-state index < -0.39 is 0 Å². The van der Waals surface area contributed by atoms with Crippen LogP contribution in [0.15, 0.2) is 35.0 Å². The number of hydrogen-bond acceptors (Lipinski definition) is 4. The van der Waals surface area contributed by atoms with Crippen LogP contribution in [0.4, 0.5) is 0 Å². The van der Waals surface area contributed by atoms with Gasteiger partial charge in [0.2, 0.25) is 5.91 Å². The second-order valence-corrected chi connectivity index (χ2v) is 8.42. The fraction of sp³-hybridized carbons (Fsp3) is 0.500. The van der Waals surface area contributed by atoms with Crippen LogP contribution in [-0.4, -0.2) is 40.7 Å². The molecule has 3 rings (SSSR count). The highest BCUT2D eigenvalue weighted by Gasteiger charge is 2.29. The van der Waals surface area contributed by atoms with Crippen molar-refractivity contribution in [1.29, 1.82) is 0 Å². The van der Waals surface area contributed by atoms with E-state index in [4.69, 9.17) is 0 Å². The third-order valence-electron chi connectivity index (χ3n) is 5.25. The molecule has 1 fully saturated rings. The molecule has 0 unspecified atom stereocenters. The van der Waals surface area contributed by atoms with Crippen LogP contribution in [0.2, 0.25) is 0 Å².